The molecule has 21 heavy (non-hydrogen) atoms. The average Bonchev–Trinajstić information content (AvgIpc) is 2.58. The molecule has 0 saturated carbocycles. The van der Waals surface area contributed by atoms with Crippen molar-refractivity contribution in [3.8, 4) is 11.4 Å². The monoisotopic (exact) mass is 278 g/mol. The van der Waals surface area contributed by atoms with E-state index in [1.54, 1.807) is 42.7 Å². The molecule has 3 rings (SSSR count). The zero-order chi connectivity index (χ0) is 14.9. The molecule has 0 radical (unpaired) electrons. The van der Waals surface area contributed by atoms with Crippen LogP contribution >= 0.6 is 0 Å². The summed E-state index contributed by atoms with van der Waals surface area (Å²) in [7, 11) is 0. The summed E-state index contributed by atoms with van der Waals surface area (Å²) in [5.74, 6) is -0.879. The summed E-state index contributed by atoms with van der Waals surface area (Å²) >= 11 is 0. The predicted octanol–water partition coefficient (Wildman–Crippen LogP) is 3.53. The zero-order valence-corrected chi connectivity index (χ0v) is 11.3. The minimum absolute atomic E-state index is 0.331. The highest BCUT2D eigenvalue weighted by molar-refractivity contribution is 5.87. The summed E-state index contributed by atoms with van der Waals surface area (Å²) < 4.78 is 0. The fourth-order valence-electron chi connectivity index (χ4n) is 1.61. The first kappa shape index (κ1) is 14.4. The highest BCUT2D eigenvalue weighted by Gasteiger charge is 1.96. The molecule has 4 heteroatoms. The molecule has 0 unspecified atom stereocenters. The van der Waals surface area contributed by atoms with Crippen molar-refractivity contribution in [1.29, 1.82) is 0 Å². The van der Waals surface area contributed by atoms with E-state index in [4.69, 9.17) is 5.11 Å². The molecule has 4 nitrogen and oxygen atoms in total. The third-order valence-electron chi connectivity index (χ3n) is 2.61. The second-order valence-corrected chi connectivity index (χ2v) is 4.10. The van der Waals surface area contributed by atoms with Crippen molar-refractivity contribution in [2.24, 2.45) is 0 Å². The third-order valence-corrected chi connectivity index (χ3v) is 2.61. The third kappa shape index (κ3) is 4.54. The number of rotatable bonds is 2. The van der Waals surface area contributed by atoms with Crippen LogP contribution in [0.25, 0.3) is 11.4 Å². The summed E-state index contributed by atoms with van der Waals surface area (Å²) in [6, 6.07) is 19.9. The van der Waals surface area contributed by atoms with E-state index in [1.165, 1.54) is 0 Å². The van der Waals surface area contributed by atoms with Gasteiger partial charge < -0.3 is 5.11 Å². The van der Waals surface area contributed by atoms with Crippen molar-refractivity contribution in [2.45, 2.75) is 0 Å². The molecule has 0 aliphatic heterocycles. The number of benzene rings is 1. The Bertz CT molecular complexity index is 633. The van der Waals surface area contributed by atoms with Crippen LogP contribution < -0.4 is 0 Å². The Labute approximate surface area is 122 Å². The number of aromatic nitrogens is 2. The summed E-state index contributed by atoms with van der Waals surface area (Å²) in [4.78, 5) is 18.6. The van der Waals surface area contributed by atoms with Gasteiger partial charge in [-0.2, -0.15) is 0 Å². The molecule has 0 amide bonds. The molecule has 3 aromatic rings. The fourth-order valence-corrected chi connectivity index (χ4v) is 1.61. The lowest BCUT2D eigenvalue weighted by molar-refractivity contribution is 0.0697. The van der Waals surface area contributed by atoms with E-state index in [2.05, 4.69) is 9.97 Å². The van der Waals surface area contributed by atoms with E-state index >= 15 is 0 Å². The maximum absolute atomic E-state index is 10.2. The highest BCUT2D eigenvalue weighted by atomic mass is 16.4. The van der Waals surface area contributed by atoms with E-state index in [0.717, 1.165) is 11.4 Å². The SMILES string of the molecule is O=C(O)c1ccccc1.c1ccc(-c2ccccn2)nc1. The molecular weight excluding hydrogens is 264 g/mol. The molecule has 0 spiro atoms. The number of aromatic carboxylic acids is 1. The Morgan fingerprint density at radius 2 is 1.19 bits per heavy atom. The average molecular weight is 278 g/mol. The van der Waals surface area contributed by atoms with Crippen LogP contribution in [0.3, 0.4) is 0 Å². The quantitative estimate of drug-likeness (QED) is 0.779. The van der Waals surface area contributed by atoms with Crippen LogP contribution in [0.4, 0.5) is 0 Å². The molecule has 0 bridgehead atoms. The van der Waals surface area contributed by atoms with Crippen molar-refractivity contribution in [3.63, 3.8) is 0 Å². The van der Waals surface area contributed by atoms with Gasteiger partial charge in [0.15, 0.2) is 0 Å². The van der Waals surface area contributed by atoms with Crippen LogP contribution in [-0.2, 0) is 0 Å². The van der Waals surface area contributed by atoms with E-state index in [0.29, 0.717) is 5.56 Å². The molecule has 0 aliphatic carbocycles. The van der Waals surface area contributed by atoms with Crippen LogP contribution in [-0.4, -0.2) is 21.0 Å². The lowest BCUT2D eigenvalue weighted by Gasteiger charge is -1.96. The van der Waals surface area contributed by atoms with E-state index in [1.807, 2.05) is 36.4 Å². The standard InChI is InChI=1S/C10H8N2.C7H6O2/c1-3-7-11-9(5-1)10-6-2-4-8-12-10;8-7(9)6-4-2-1-3-5-6/h1-8H;1-5H,(H,8,9). The van der Waals surface area contributed by atoms with E-state index < -0.39 is 5.97 Å². The molecular formula is C17H14N2O2. The molecule has 0 fully saturated rings. The van der Waals surface area contributed by atoms with Crippen LogP contribution in [0, 0.1) is 0 Å². The summed E-state index contributed by atoms with van der Waals surface area (Å²) in [6.07, 6.45) is 3.54. The number of carboxylic acids is 1. The maximum atomic E-state index is 10.2. The first-order valence-corrected chi connectivity index (χ1v) is 6.38. The Kier molecular flexibility index (Phi) is 5.18. The normalized spacial score (nSPS) is 9.33. The second-order valence-electron chi connectivity index (χ2n) is 4.10. The topological polar surface area (TPSA) is 63.1 Å². The summed E-state index contributed by atoms with van der Waals surface area (Å²) in [5.41, 5.74) is 2.16. The number of carboxylic acid groups (broad SMARTS) is 1. The number of carbonyl (C=O) groups is 1. The van der Waals surface area contributed by atoms with Crippen LogP contribution in [0.5, 0.6) is 0 Å². The Hall–Kier alpha value is -3.01. The van der Waals surface area contributed by atoms with Crippen molar-refractivity contribution >= 4 is 5.97 Å². The largest absolute Gasteiger partial charge is 0.478 e. The van der Waals surface area contributed by atoms with Gasteiger partial charge in [0.25, 0.3) is 0 Å². The van der Waals surface area contributed by atoms with Crippen LogP contribution in [0.15, 0.2) is 79.1 Å². The number of hydrogen-bond acceptors (Lipinski definition) is 3. The van der Waals surface area contributed by atoms with Gasteiger partial charge in [0, 0.05) is 12.4 Å². The fraction of sp³-hybridized carbons (Fsp3) is 0. The molecule has 2 heterocycles. The first-order chi connectivity index (χ1) is 10.3. The second kappa shape index (κ2) is 7.55. The van der Waals surface area contributed by atoms with Gasteiger partial charge in [-0.05, 0) is 36.4 Å². The van der Waals surface area contributed by atoms with Crippen molar-refractivity contribution < 1.29 is 9.90 Å². The maximum Gasteiger partial charge on any atom is 0.335 e. The lowest BCUT2D eigenvalue weighted by atomic mass is 10.2. The molecule has 2 aromatic heterocycles. The molecule has 104 valence electrons. The number of hydrogen-bond donors (Lipinski definition) is 1. The van der Waals surface area contributed by atoms with Crippen molar-refractivity contribution in [3.05, 3.63) is 84.7 Å². The van der Waals surface area contributed by atoms with Crippen molar-refractivity contribution in [2.75, 3.05) is 0 Å². The van der Waals surface area contributed by atoms with Gasteiger partial charge in [0.2, 0.25) is 0 Å². The predicted molar refractivity (Wildman–Crippen MR) is 80.9 cm³/mol. The minimum Gasteiger partial charge on any atom is -0.478 e. The molecule has 0 aliphatic rings. The molecule has 0 saturated heterocycles. The van der Waals surface area contributed by atoms with Crippen molar-refractivity contribution in [1.82, 2.24) is 9.97 Å². The molecule has 1 N–H and O–H groups in total. The van der Waals surface area contributed by atoms with Gasteiger partial charge in [0.05, 0.1) is 17.0 Å². The summed E-state index contributed by atoms with van der Waals surface area (Å²) in [5, 5.41) is 8.38. The van der Waals surface area contributed by atoms with Gasteiger partial charge in [0.1, 0.15) is 0 Å². The smallest absolute Gasteiger partial charge is 0.335 e. The minimum atomic E-state index is -0.879. The lowest BCUT2D eigenvalue weighted by Crippen LogP contribution is -1.93. The number of nitrogens with zero attached hydrogens (tertiary/aromatic N) is 2. The zero-order valence-electron chi connectivity index (χ0n) is 11.3. The van der Waals surface area contributed by atoms with Gasteiger partial charge in [-0.1, -0.05) is 30.3 Å². The van der Waals surface area contributed by atoms with Gasteiger partial charge in [-0.25, -0.2) is 4.79 Å². The van der Waals surface area contributed by atoms with Crippen LogP contribution in [0.1, 0.15) is 10.4 Å². The Balaban J connectivity index is 0.000000161. The Morgan fingerprint density at radius 3 is 1.52 bits per heavy atom. The molecule has 0 atom stereocenters. The Morgan fingerprint density at radius 1 is 0.714 bits per heavy atom. The van der Waals surface area contributed by atoms with E-state index in [9.17, 15) is 4.79 Å². The highest BCUT2D eigenvalue weighted by Crippen LogP contribution is 2.10. The van der Waals surface area contributed by atoms with Gasteiger partial charge >= 0.3 is 5.97 Å². The van der Waals surface area contributed by atoms with Crippen LogP contribution in [0.2, 0.25) is 0 Å². The number of pyridine rings is 2. The van der Waals surface area contributed by atoms with E-state index in [-0.39, 0.29) is 0 Å². The first-order valence-electron chi connectivity index (χ1n) is 6.38. The van der Waals surface area contributed by atoms with Gasteiger partial charge in [-0.3, -0.25) is 9.97 Å². The summed E-state index contributed by atoms with van der Waals surface area (Å²) in [6.45, 7) is 0. The molecule has 1 aromatic carbocycles. The van der Waals surface area contributed by atoms with Gasteiger partial charge in [-0.15, -0.1) is 0 Å².